The van der Waals surface area contributed by atoms with Crippen molar-refractivity contribution in [3.05, 3.63) is 106 Å². The molecule has 1 N–H and O–H groups in total. The molecule has 0 atom stereocenters. The van der Waals surface area contributed by atoms with E-state index in [-0.39, 0.29) is 29.9 Å². The summed E-state index contributed by atoms with van der Waals surface area (Å²) in [6.07, 6.45) is 5.52. The third-order valence-corrected chi connectivity index (χ3v) is 8.10. The zero-order valence-electron chi connectivity index (χ0n) is 24.4. The van der Waals surface area contributed by atoms with Crippen LogP contribution in [0.4, 0.5) is 14.5 Å². The van der Waals surface area contributed by atoms with E-state index in [1.54, 1.807) is 27.9 Å². The Bertz CT molecular complexity index is 1810. The Morgan fingerprint density at radius 2 is 1.84 bits per heavy atom. The summed E-state index contributed by atoms with van der Waals surface area (Å²) in [6, 6.07) is 17.8. The highest BCUT2D eigenvalue weighted by Gasteiger charge is 2.32. The molecule has 4 aromatic rings. The molecule has 0 saturated carbocycles. The monoisotopic (exact) mass is 656 g/mol. The average molecular weight is 657 g/mol. The summed E-state index contributed by atoms with van der Waals surface area (Å²) in [4.78, 5) is 27.2. The van der Waals surface area contributed by atoms with Crippen LogP contribution in [0.15, 0.2) is 79.1 Å². The summed E-state index contributed by atoms with van der Waals surface area (Å²) in [6.45, 7) is 0.857. The molecule has 0 saturated heterocycles. The van der Waals surface area contributed by atoms with Crippen molar-refractivity contribution in [1.82, 2.24) is 15.3 Å². The van der Waals surface area contributed by atoms with E-state index in [1.807, 2.05) is 35.9 Å². The van der Waals surface area contributed by atoms with Crippen molar-refractivity contribution in [3.8, 4) is 11.1 Å². The van der Waals surface area contributed by atoms with Gasteiger partial charge in [0.05, 0.1) is 19.0 Å². The summed E-state index contributed by atoms with van der Waals surface area (Å²) >= 11 is 5.82. The number of hydrogen-bond donors (Lipinski definition) is 1. The van der Waals surface area contributed by atoms with Gasteiger partial charge in [-0.05, 0) is 66.3 Å². The van der Waals surface area contributed by atoms with Gasteiger partial charge in [0, 0.05) is 53.0 Å². The topological polar surface area (TPSA) is 111 Å². The molecule has 5 rings (SSSR count). The Labute approximate surface area is 264 Å². The molecule has 3 aromatic carbocycles. The fourth-order valence-electron chi connectivity index (χ4n) is 5.35. The van der Waals surface area contributed by atoms with E-state index in [0.717, 1.165) is 47.0 Å². The molecule has 1 aliphatic rings. The number of halogens is 3. The molecule has 1 aliphatic heterocycles. The lowest BCUT2D eigenvalue weighted by atomic mass is 9.93. The second kappa shape index (κ2) is 13.5. The van der Waals surface area contributed by atoms with Crippen molar-refractivity contribution < 1.29 is 31.1 Å². The first-order valence-corrected chi connectivity index (χ1v) is 16.5. The largest absolute Gasteiger partial charge is 0.312 e. The number of amides is 2. The Morgan fingerprint density at radius 1 is 1.09 bits per heavy atom. The average Bonchev–Trinajstić information content (AvgIpc) is 3.47. The fraction of sp³-hybridized carbons (Fsp3) is 0.281. The minimum atomic E-state index is -3.84. The van der Waals surface area contributed by atoms with Gasteiger partial charge in [-0.15, -0.1) is 4.28 Å². The van der Waals surface area contributed by atoms with Crippen molar-refractivity contribution in [3.63, 3.8) is 0 Å². The van der Waals surface area contributed by atoms with Crippen LogP contribution in [0.1, 0.15) is 52.7 Å². The lowest BCUT2D eigenvalue weighted by molar-refractivity contribution is -0.119. The molecule has 9 nitrogen and oxygen atoms in total. The molecule has 0 aliphatic carbocycles. The number of alkyl halides is 2. The van der Waals surface area contributed by atoms with Crippen LogP contribution >= 0.6 is 11.6 Å². The molecule has 0 radical (unpaired) electrons. The third-order valence-electron chi connectivity index (χ3n) is 7.46. The Morgan fingerprint density at radius 3 is 2.60 bits per heavy atom. The van der Waals surface area contributed by atoms with Gasteiger partial charge in [0.25, 0.3) is 21.9 Å². The van der Waals surface area contributed by atoms with E-state index >= 15 is 0 Å². The van der Waals surface area contributed by atoms with Gasteiger partial charge >= 0.3 is 0 Å². The summed E-state index contributed by atoms with van der Waals surface area (Å²) < 4.78 is 57.8. The minimum absolute atomic E-state index is 0.00223. The number of nitrogens with zero attached hydrogens (tertiary/aromatic N) is 3. The maximum atomic E-state index is 14.7. The molecular formula is C32H31ClF2N4O5S. The number of carbonyl (C=O) groups excluding carboxylic acids is 2. The maximum Gasteiger partial charge on any atom is 0.285 e. The first kappa shape index (κ1) is 32.3. The quantitative estimate of drug-likeness (QED) is 0.195. The molecule has 236 valence electrons. The normalized spacial score (nSPS) is 13.4. The van der Waals surface area contributed by atoms with E-state index in [0.29, 0.717) is 18.1 Å². The number of anilines is 1. The highest BCUT2D eigenvalue weighted by molar-refractivity contribution is 7.85. The number of hydroxylamine groups is 1. The predicted molar refractivity (Wildman–Crippen MR) is 166 cm³/mol. The Balaban J connectivity index is 1.25. The van der Waals surface area contributed by atoms with E-state index in [9.17, 15) is 26.8 Å². The second-order valence-corrected chi connectivity index (χ2v) is 12.9. The van der Waals surface area contributed by atoms with Crippen molar-refractivity contribution in [2.75, 3.05) is 17.7 Å². The number of hydrogen-bond acceptors (Lipinski definition) is 6. The van der Waals surface area contributed by atoms with Crippen molar-refractivity contribution in [2.24, 2.45) is 0 Å². The van der Waals surface area contributed by atoms with E-state index < -0.39 is 28.4 Å². The number of carbonyl (C=O) groups is 2. The van der Waals surface area contributed by atoms with Gasteiger partial charge in [-0.3, -0.25) is 14.3 Å². The highest BCUT2D eigenvalue weighted by Crippen LogP contribution is 2.37. The molecule has 2 heterocycles. The van der Waals surface area contributed by atoms with Crippen LogP contribution in [0.2, 0.25) is 5.02 Å². The number of aromatic nitrogens is 2. The van der Waals surface area contributed by atoms with Gasteiger partial charge < -0.3 is 4.90 Å². The second-order valence-electron chi connectivity index (χ2n) is 10.9. The number of nitrogens with one attached hydrogen (secondary N) is 1. The molecule has 0 fully saturated rings. The molecule has 45 heavy (non-hydrogen) atoms. The standard InChI is InChI=1S/C32H31ClF2N4O5S/c1-45(42,43)44-37-31(41)23-7-2-6-22(18-23)20-38-21-24(19-36-38)27-8-3-10-29-28(27)9-5-17-39(29)30(40)11-4-16-32(34,35)25-12-14-26(33)15-13-25/h2-3,6-8,10,12-15,18-19,21H,4-5,9,11,16-17,20H2,1H3,(H,37,41). The van der Waals surface area contributed by atoms with Gasteiger partial charge in [-0.1, -0.05) is 48.0 Å². The minimum Gasteiger partial charge on any atom is -0.312 e. The molecule has 0 bridgehead atoms. The first-order valence-electron chi connectivity index (χ1n) is 14.3. The van der Waals surface area contributed by atoms with Gasteiger partial charge in [-0.2, -0.15) is 13.5 Å². The number of fused-ring (bicyclic) bond motifs is 1. The Kier molecular flexibility index (Phi) is 9.66. The third kappa shape index (κ3) is 8.13. The summed E-state index contributed by atoms with van der Waals surface area (Å²) in [5.41, 5.74) is 6.30. The van der Waals surface area contributed by atoms with Crippen molar-refractivity contribution in [2.45, 2.75) is 44.6 Å². The van der Waals surface area contributed by atoms with E-state index in [2.05, 4.69) is 9.38 Å². The van der Waals surface area contributed by atoms with Gasteiger partial charge in [0.2, 0.25) is 5.91 Å². The van der Waals surface area contributed by atoms with Crippen LogP contribution in [0, 0.1) is 0 Å². The van der Waals surface area contributed by atoms with Crippen molar-refractivity contribution >= 4 is 39.2 Å². The zero-order valence-corrected chi connectivity index (χ0v) is 26.0. The van der Waals surface area contributed by atoms with Gasteiger partial charge in [-0.25, -0.2) is 14.3 Å². The van der Waals surface area contributed by atoms with Crippen LogP contribution in [0.25, 0.3) is 11.1 Å². The van der Waals surface area contributed by atoms with Gasteiger partial charge in [0.1, 0.15) is 0 Å². The summed E-state index contributed by atoms with van der Waals surface area (Å²) in [5, 5.41) is 4.87. The Hall–Kier alpha value is -4.13. The molecule has 13 heteroatoms. The lowest BCUT2D eigenvalue weighted by Gasteiger charge is -2.31. The fourth-order valence-corrected chi connectivity index (χ4v) is 5.70. The SMILES string of the molecule is CS(=O)(=O)ONC(=O)c1cccc(Cn2cc(-c3cccc4c3CCCN4C(=O)CCCC(F)(F)c3ccc(Cl)cc3)cn2)c1. The van der Waals surface area contributed by atoms with E-state index in [4.69, 9.17) is 11.6 Å². The highest BCUT2D eigenvalue weighted by atomic mass is 35.5. The molecule has 0 spiro atoms. The predicted octanol–water partition coefficient (Wildman–Crippen LogP) is 6.11. The molecule has 2 amide bonds. The van der Waals surface area contributed by atoms with Crippen LogP contribution in [-0.2, 0) is 38.1 Å². The van der Waals surface area contributed by atoms with E-state index in [1.165, 1.54) is 30.3 Å². The maximum absolute atomic E-state index is 14.7. The summed E-state index contributed by atoms with van der Waals surface area (Å²) in [7, 11) is -3.84. The zero-order chi connectivity index (χ0) is 32.2. The van der Waals surface area contributed by atoms with Crippen LogP contribution in [0.3, 0.4) is 0 Å². The molecule has 0 unspecified atom stereocenters. The van der Waals surface area contributed by atoms with Crippen LogP contribution in [-0.4, -0.2) is 42.8 Å². The molecule has 1 aromatic heterocycles. The van der Waals surface area contributed by atoms with Crippen LogP contribution < -0.4 is 10.4 Å². The smallest absolute Gasteiger partial charge is 0.285 e. The lowest BCUT2D eigenvalue weighted by Crippen LogP contribution is -2.35. The first-order chi connectivity index (χ1) is 21.4. The van der Waals surface area contributed by atoms with Crippen molar-refractivity contribution in [1.29, 1.82) is 0 Å². The molecular weight excluding hydrogens is 626 g/mol. The van der Waals surface area contributed by atoms with Crippen LogP contribution in [0.5, 0.6) is 0 Å². The number of rotatable bonds is 11. The number of benzene rings is 3. The van der Waals surface area contributed by atoms with Gasteiger partial charge in [0.15, 0.2) is 0 Å². The summed E-state index contributed by atoms with van der Waals surface area (Å²) in [5.74, 6) is -3.95.